The number of piperidine rings is 1. The van der Waals surface area contributed by atoms with Crippen LogP contribution in [0.1, 0.15) is 35.6 Å². The van der Waals surface area contributed by atoms with Crippen LogP contribution in [0.2, 0.25) is 0 Å². The molecule has 2 unspecified atom stereocenters. The number of amides is 2. The number of benzene rings is 1. The molecule has 10 heteroatoms. The summed E-state index contributed by atoms with van der Waals surface area (Å²) >= 11 is 0. The predicted molar refractivity (Wildman–Crippen MR) is 121 cm³/mol. The van der Waals surface area contributed by atoms with Crippen molar-refractivity contribution >= 4 is 29.7 Å². The summed E-state index contributed by atoms with van der Waals surface area (Å²) in [4.78, 5) is 54.4. The first-order valence-electron chi connectivity index (χ1n) is 11.5. The third-order valence-corrected chi connectivity index (χ3v) is 6.85. The highest BCUT2D eigenvalue weighted by atomic mass is 16.2. The van der Waals surface area contributed by atoms with Crippen LogP contribution in [-0.4, -0.2) is 76.1 Å². The Morgan fingerprint density at radius 2 is 1.97 bits per heavy atom. The first-order chi connectivity index (χ1) is 16.5. The molecule has 2 aromatic rings. The van der Waals surface area contributed by atoms with Crippen molar-refractivity contribution in [3.8, 4) is 0 Å². The van der Waals surface area contributed by atoms with Crippen molar-refractivity contribution in [2.75, 3.05) is 31.1 Å². The van der Waals surface area contributed by atoms with Gasteiger partial charge in [0.1, 0.15) is 6.04 Å². The van der Waals surface area contributed by atoms with Gasteiger partial charge in [-0.2, -0.15) is 5.10 Å². The molecular formula is C24H26N6O4. The normalized spacial score (nSPS) is 23.5. The number of piperazine rings is 1. The van der Waals surface area contributed by atoms with Gasteiger partial charge in [-0.25, -0.2) is 0 Å². The van der Waals surface area contributed by atoms with E-state index in [2.05, 4.69) is 25.3 Å². The maximum Gasteiger partial charge on any atom is 0.243 e. The fraction of sp³-hybridized carbons (Fsp3) is 0.417. The third kappa shape index (κ3) is 4.34. The van der Waals surface area contributed by atoms with Gasteiger partial charge < -0.3 is 4.90 Å². The number of fused-ring (bicyclic) bond motifs is 1. The number of carbonyl (C=O) groups excluding carboxylic acids is 4. The summed E-state index contributed by atoms with van der Waals surface area (Å²) in [6.07, 6.45) is 2.55. The average Bonchev–Trinajstić information content (AvgIpc) is 3.23. The molecule has 2 amide bonds. The quantitative estimate of drug-likeness (QED) is 0.366. The van der Waals surface area contributed by atoms with E-state index < -0.39 is 23.8 Å². The number of aldehydes is 1. The number of anilines is 1. The van der Waals surface area contributed by atoms with Crippen LogP contribution in [0.25, 0.3) is 0 Å². The molecule has 3 aliphatic heterocycles. The number of nitrogens with zero attached hydrogens (tertiary/aromatic N) is 5. The zero-order valence-corrected chi connectivity index (χ0v) is 18.7. The van der Waals surface area contributed by atoms with Gasteiger partial charge in [0, 0.05) is 51.9 Å². The number of aromatic nitrogens is 2. The average molecular weight is 463 g/mol. The molecule has 176 valence electrons. The Morgan fingerprint density at radius 1 is 1.15 bits per heavy atom. The van der Waals surface area contributed by atoms with Gasteiger partial charge in [0.2, 0.25) is 17.6 Å². The minimum Gasteiger partial charge on any atom is -0.353 e. The summed E-state index contributed by atoms with van der Waals surface area (Å²) in [6, 6.07) is 8.45. The molecule has 4 heterocycles. The van der Waals surface area contributed by atoms with Crippen molar-refractivity contribution in [1.29, 1.82) is 0 Å². The van der Waals surface area contributed by atoms with E-state index in [1.54, 1.807) is 11.1 Å². The van der Waals surface area contributed by atoms with Crippen LogP contribution in [0, 0.1) is 0 Å². The maximum absolute atomic E-state index is 12.6. The Morgan fingerprint density at radius 3 is 2.68 bits per heavy atom. The number of carbonyl (C=O) groups is 4. The fourth-order valence-electron chi connectivity index (χ4n) is 5.13. The number of Topliss-reactive ketones (excluding diaryl/α,β-unsaturated/α-hetero) is 1. The number of nitrogens with one attached hydrogen (secondary N) is 1. The number of ketones is 1. The molecule has 0 spiro atoms. The summed E-state index contributed by atoms with van der Waals surface area (Å²) in [5, 5.41) is 10.5. The van der Waals surface area contributed by atoms with Crippen molar-refractivity contribution in [2.24, 2.45) is 0 Å². The third-order valence-electron chi connectivity index (χ3n) is 6.85. The Bertz CT molecular complexity index is 1120. The van der Waals surface area contributed by atoms with Crippen LogP contribution in [0.4, 0.5) is 5.82 Å². The van der Waals surface area contributed by atoms with Crippen molar-refractivity contribution in [3.63, 3.8) is 0 Å². The first kappa shape index (κ1) is 22.3. The summed E-state index contributed by atoms with van der Waals surface area (Å²) in [6.45, 7) is 4.54. The second-order valence-corrected chi connectivity index (χ2v) is 8.94. The molecule has 0 aliphatic carbocycles. The summed E-state index contributed by atoms with van der Waals surface area (Å²) < 4.78 is 0. The second-order valence-electron chi connectivity index (χ2n) is 8.94. The highest BCUT2D eigenvalue weighted by Crippen LogP contribution is 2.38. The van der Waals surface area contributed by atoms with Crippen molar-refractivity contribution in [1.82, 2.24) is 25.3 Å². The molecule has 5 rings (SSSR count). The zero-order valence-electron chi connectivity index (χ0n) is 18.7. The number of rotatable bonds is 6. The lowest BCUT2D eigenvalue weighted by Crippen LogP contribution is -2.52. The van der Waals surface area contributed by atoms with Gasteiger partial charge in [-0.15, -0.1) is 5.10 Å². The molecule has 2 atom stereocenters. The lowest BCUT2D eigenvalue weighted by Gasteiger charge is -2.35. The van der Waals surface area contributed by atoms with E-state index in [1.807, 2.05) is 30.3 Å². The number of imide groups is 1. The molecule has 0 radical (unpaired) electrons. The minimum atomic E-state index is -0.801. The zero-order chi connectivity index (χ0) is 23.7. The van der Waals surface area contributed by atoms with Crippen LogP contribution < -0.4 is 10.2 Å². The maximum atomic E-state index is 12.6. The standard InChI is InChI=1S/C24H26N6O4/c31-15-20(32)23-18-12-16(13-28-8-10-29(11-9-28)21-2-1-7-25-27-21)3-4-17(18)14-30(23)19-5-6-22(33)26-24(19)34/h1-4,7,12,15,19,23H,5-6,8-11,13-14H2,(H,26,33,34). The topological polar surface area (TPSA) is 116 Å². The summed E-state index contributed by atoms with van der Waals surface area (Å²) in [7, 11) is 0. The van der Waals surface area contributed by atoms with E-state index in [4.69, 9.17) is 0 Å². The lowest BCUT2D eigenvalue weighted by molar-refractivity contribution is -0.141. The van der Waals surface area contributed by atoms with Crippen molar-refractivity contribution in [2.45, 2.75) is 38.0 Å². The van der Waals surface area contributed by atoms with Gasteiger partial charge in [0.05, 0.1) is 6.04 Å². The van der Waals surface area contributed by atoms with Gasteiger partial charge in [0.15, 0.2) is 12.1 Å². The molecule has 2 fully saturated rings. The molecule has 1 aromatic carbocycles. The summed E-state index contributed by atoms with van der Waals surface area (Å²) in [5.41, 5.74) is 2.76. The van der Waals surface area contributed by atoms with Gasteiger partial charge in [-0.3, -0.25) is 34.3 Å². The SMILES string of the molecule is O=CC(=O)C1c2cc(CN3CCN(c4cccnn4)CC3)ccc2CN1C1CCC(=O)NC1=O. The molecule has 2 saturated heterocycles. The number of hydrogen-bond acceptors (Lipinski definition) is 9. The predicted octanol–water partition coefficient (Wildman–Crippen LogP) is 0.229. The van der Waals surface area contributed by atoms with Gasteiger partial charge in [-0.1, -0.05) is 18.2 Å². The van der Waals surface area contributed by atoms with E-state index in [1.165, 1.54) is 0 Å². The highest BCUT2D eigenvalue weighted by molar-refractivity contribution is 6.27. The first-order valence-corrected chi connectivity index (χ1v) is 11.5. The minimum absolute atomic E-state index is 0.219. The van der Waals surface area contributed by atoms with Crippen molar-refractivity contribution in [3.05, 3.63) is 53.2 Å². The Balaban J connectivity index is 1.30. The molecule has 0 bridgehead atoms. The van der Waals surface area contributed by atoms with Crippen molar-refractivity contribution < 1.29 is 19.2 Å². The van der Waals surface area contributed by atoms with E-state index in [0.29, 0.717) is 19.3 Å². The van der Waals surface area contributed by atoms with Gasteiger partial charge in [0.25, 0.3) is 0 Å². The molecular weight excluding hydrogens is 436 g/mol. The Kier molecular flexibility index (Phi) is 6.16. The summed E-state index contributed by atoms with van der Waals surface area (Å²) in [5.74, 6) is -0.409. The monoisotopic (exact) mass is 462 g/mol. The van der Waals surface area contributed by atoms with Gasteiger partial charge in [-0.05, 0) is 35.2 Å². The molecule has 1 N–H and O–H groups in total. The van der Waals surface area contributed by atoms with E-state index in [9.17, 15) is 19.2 Å². The molecule has 1 aromatic heterocycles. The molecule has 10 nitrogen and oxygen atoms in total. The van der Waals surface area contributed by atoms with Crippen LogP contribution in [-0.2, 0) is 32.3 Å². The van der Waals surface area contributed by atoms with E-state index >= 15 is 0 Å². The molecule has 34 heavy (non-hydrogen) atoms. The Labute approximate surface area is 196 Å². The number of hydrogen-bond donors (Lipinski definition) is 1. The van der Waals surface area contributed by atoms with E-state index in [0.717, 1.165) is 55.2 Å². The smallest absolute Gasteiger partial charge is 0.243 e. The van der Waals surface area contributed by atoms with Crippen LogP contribution in [0.3, 0.4) is 0 Å². The molecule has 0 saturated carbocycles. The lowest BCUT2D eigenvalue weighted by atomic mass is 9.97. The molecule has 3 aliphatic rings. The van der Waals surface area contributed by atoms with E-state index in [-0.39, 0.29) is 12.3 Å². The van der Waals surface area contributed by atoms with Crippen LogP contribution in [0.5, 0.6) is 0 Å². The second kappa shape index (κ2) is 9.40. The van der Waals surface area contributed by atoms with Crippen LogP contribution in [0.15, 0.2) is 36.5 Å². The largest absolute Gasteiger partial charge is 0.353 e. The van der Waals surface area contributed by atoms with Crippen LogP contribution >= 0.6 is 0 Å². The highest BCUT2D eigenvalue weighted by Gasteiger charge is 2.43. The fourth-order valence-corrected chi connectivity index (χ4v) is 5.13. The Hall–Kier alpha value is -3.50. The van der Waals surface area contributed by atoms with Gasteiger partial charge >= 0.3 is 0 Å².